The van der Waals surface area contributed by atoms with Gasteiger partial charge in [-0.2, -0.15) is 0 Å². The van der Waals surface area contributed by atoms with Crippen LogP contribution < -0.4 is 5.73 Å². The molecule has 0 aliphatic carbocycles. The molecular weight excluding hydrogens is 226 g/mol. The smallest absolute Gasteiger partial charge is 0.325 e. The van der Waals surface area contributed by atoms with Crippen molar-refractivity contribution in [2.75, 3.05) is 12.9 Å². The van der Waals surface area contributed by atoms with Gasteiger partial charge in [0, 0.05) is 18.1 Å². The summed E-state index contributed by atoms with van der Waals surface area (Å²) in [7, 11) is 1.34. The third-order valence-electron chi connectivity index (χ3n) is 2.06. The minimum absolute atomic E-state index is 0.396. The molecule has 0 aliphatic rings. The van der Waals surface area contributed by atoms with Crippen LogP contribution in [-0.4, -0.2) is 34.3 Å². The minimum atomic E-state index is -0.941. The van der Waals surface area contributed by atoms with Gasteiger partial charge in [0.2, 0.25) is 0 Å². The summed E-state index contributed by atoms with van der Waals surface area (Å²) in [4.78, 5) is 19.3. The number of esters is 1. The van der Waals surface area contributed by atoms with E-state index >= 15 is 0 Å². The van der Waals surface area contributed by atoms with Gasteiger partial charge in [-0.15, -0.1) is 11.8 Å². The van der Waals surface area contributed by atoms with Gasteiger partial charge in [-0.3, -0.25) is 9.78 Å². The molecule has 1 rings (SSSR count). The van der Waals surface area contributed by atoms with Crippen LogP contribution in [0.15, 0.2) is 23.6 Å². The predicted octanol–water partition coefficient (Wildman–Crippen LogP) is 0.849. The third-order valence-corrected chi connectivity index (χ3v) is 2.98. The molecule has 5 nitrogen and oxygen atoms in total. The van der Waals surface area contributed by atoms with Crippen molar-refractivity contribution in [3.8, 4) is 0 Å². The van der Waals surface area contributed by atoms with Crippen LogP contribution >= 0.6 is 11.8 Å². The van der Waals surface area contributed by atoms with Crippen molar-refractivity contribution >= 4 is 17.7 Å². The lowest BCUT2D eigenvalue weighted by Gasteiger charge is -2.20. The van der Waals surface area contributed by atoms with Crippen molar-refractivity contribution in [1.82, 2.24) is 9.97 Å². The molecule has 6 heteroatoms. The Morgan fingerprint density at radius 1 is 1.62 bits per heavy atom. The molecule has 0 fully saturated rings. The quantitative estimate of drug-likeness (QED) is 0.608. The number of ether oxygens (including phenoxy) is 1. The lowest BCUT2D eigenvalue weighted by molar-refractivity contribution is -0.146. The van der Waals surface area contributed by atoms with Crippen molar-refractivity contribution in [1.29, 1.82) is 0 Å². The van der Waals surface area contributed by atoms with E-state index in [1.165, 1.54) is 18.9 Å². The van der Waals surface area contributed by atoms with Crippen molar-refractivity contribution in [3.05, 3.63) is 18.6 Å². The molecule has 0 radical (unpaired) electrons. The summed E-state index contributed by atoms with van der Waals surface area (Å²) in [6.45, 7) is 1.66. The molecule has 1 heterocycles. The van der Waals surface area contributed by atoms with Crippen LogP contribution in [0.3, 0.4) is 0 Å². The first kappa shape index (κ1) is 12.9. The van der Waals surface area contributed by atoms with Crippen molar-refractivity contribution in [2.24, 2.45) is 5.73 Å². The fourth-order valence-corrected chi connectivity index (χ4v) is 2.07. The van der Waals surface area contributed by atoms with Crippen molar-refractivity contribution in [3.63, 3.8) is 0 Å². The highest BCUT2D eigenvalue weighted by atomic mass is 32.2. The summed E-state index contributed by atoms with van der Waals surface area (Å²) in [6.07, 6.45) is 5.45. The maximum absolute atomic E-state index is 11.3. The molecule has 0 saturated heterocycles. The maximum atomic E-state index is 11.3. The first-order valence-electron chi connectivity index (χ1n) is 4.82. The van der Waals surface area contributed by atoms with Gasteiger partial charge in [0.25, 0.3) is 0 Å². The number of carbonyl (C=O) groups excluding carboxylic acids is 1. The summed E-state index contributed by atoms with van der Waals surface area (Å²) in [5.74, 6) is 0.299. The second-order valence-electron chi connectivity index (χ2n) is 3.55. The van der Waals surface area contributed by atoms with Crippen molar-refractivity contribution < 1.29 is 9.53 Å². The van der Waals surface area contributed by atoms with Gasteiger partial charge in [0.05, 0.1) is 13.3 Å². The Morgan fingerprint density at radius 2 is 2.38 bits per heavy atom. The normalized spacial score (nSPS) is 14.2. The lowest BCUT2D eigenvalue weighted by atomic mass is 10.0. The Hall–Kier alpha value is -1.14. The summed E-state index contributed by atoms with van der Waals surface area (Å²) in [5.41, 5.74) is 4.87. The third kappa shape index (κ3) is 3.79. The standard InChI is InChI=1S/C10H15N3O2S/c1-10(11,9(14)15-2)3-6-16-8-7-12-4-5-13-8/h4-5,7H,3,6,11H2,1-2H3. The molecule has 1 unspecified atom stereocenters. The number of hydrogen-bond acceptors (Lipinski definition) is 6. The molecule has 2 N–H and O–H groups in total. The molecule has 0 aromatic carbocycles. The van der Waals surface area contributed by atoms with E-state index in [0.29, 0.717) is 12.2 Å². The number of aromatic nitrogens is 2. The average molecular weight is 241 g/mol. The Balaban J connectivity index is 2.38. The van der Waals surface area contributed by atoms with E-state index in [0.717, 1.165) is 5.03 Å². The van der Waals surface area contributed by atoms with E-state index in [4.69, 9.17) is 5.73 Å². The Bertz CT molecular complexity index is 343. The van der Waals surface area contributed by atoms with Gasteiger partial charge in [-0.25, -0.2) is 4.98 Å². The van der Waals surface area contributed by atoms with Crippen LogP contribution in [0.25, 0.3) is 0 Å². The first-order valence-corrected chi connectivity index (χ1v) is 5.81. The molecule has 1 aromatic heterocycles. The lowest BCUT2D eigenvalue weighted by Crippen LogP contribution is -2.46. The van der Waals surface area contributed by atoms with Crippen LogP contribution in [0.5, 0.6) is 0 Å². The number of carbonyl (C=O) groups is 1. The highest BCUT2D eigenvalue weighted by molar-refractivity contribution is 7.99. The number of nitrogens with two attached hydrogens (primary N) is 1. The molecule has 0 amide bonds. The Labute approximate surface area is 98.8 Å². The summed E-state index contributed by atoms with van der Waals surface area (Å²) in [5, 5.41) is 0.822. The average Bonchev–Trinajstić information content (AvgIpc) is 2.29. The number of rotatable bonds is 5. The molecule has 1 atom stereocenters. The van der Waals surface area contributed by atoms with Crippen LogP contribution in [0.1, 0.15) is 13.3 Å². The second kappa shape index (κ2) is 5.81. The highest BCUT2D eigenvalue weighted by Gasteiger charge is 2.28. The summed E-state index contributed by atoms with van der Waals surface area (Å²) in [6, 6.07) is 0. The van der Waals surface area contributed by atoms with E-state index in [9.17, 15) is 4.79 Å². The van der Waals surface area contributed by atoms with E-state index in [1.807, 2.05) is 0 Å². The molecule has 1 aromatic rings. The van der Waals surface area contributed by atoms with Gasteiger partial charge < -0.3 is 10.5 Å². The number of thioether (sulfide) groups is 1. The minimum Gasteiger partial charge on any atom is -0.468 e. The molecule has 0 aliphatic heterocycles. The van der Waals surface area contributed by atoms with Crippen LogP contribution in [0.2, 0.25) is 0 Å². The molecule has 16 heavy (non-hydrogen) atoms. The Morgan fingerprint density at radius 3 is 2.94 bits per heavy atom. The van der Waals surface area contributed by atoms with Crippen LogP contribution in [-0.2, 0) is 9.53 Å². The zero-order chi connectivity index (χ0) is 12.0. The van der Waals surface area contributed by atoms with Crippen molar-refractivity contribution in [2.45, 2.75) is 23.9 Å². The van der Waals surface area contributed by atoms with E-state index in [-0.39, 0.29) is 0 Å². The second-order valence-corrected chi connectivity index (χ2v) is 4.67. The summed E-state index contributed by atoms with van der Waals surface area (Å²) < 4.78 is 4.62. The topological polar surface area (TPSA) is 78.1 Å². The van der Waals surface area contributed by atoms with Gasteiger partial charge in [-0.05, 0) is 13.3 Å². The Kier molecular flexibility index (Phi) is 4.70. The molecular formula is C10H15N3O2S. The number of methoxy groups -OCH3 is 1. The molecule has 0 saturated carbocycles. The van der Waals surface area contributed by atoms with E-state index in [2.05, 4.69) is 14.7 Å². The van der Waals surface area contributed by atoms with Crippen LogP contribution in [0, 0.1) is 0 Å². The van der Waals surface area contributed by atoms with E-state index < -0.39 is 11.5 Å². The number of nitrogens with zero attached hydrogens (tertiary/aromatic N) is 2. The van der Waals surface area contributed by atoms with Gasteiger partial charge >= 0.3 is 5.97 Å². The van der Waals surface area contributed by atoms with Crippen LogP contribution in [0.4, 0.5) is 0 Å². The van der Waals surface area contributed by atoms with Gasteiger partial charge in [0.1, 0.15) is 10.6 Å². The predicted molar refractivity (Wildman–Crippen MR) is 62.0 cm³/mol. The summed E-state index contributed by atoms with van der Waals surface area (Å²) >= 11 is 1.51. The SMILES string of the molecule is COC(=O)C(C)(N)CCSc1cnccn1. The fourth-order valence-electron chi connectivity index (χ4n) is 1.06. The molecule has 88 valence electrons. The molecule has 0 spiro atoms. The largest absolute Gasteiger partial charge is 0.468 e. The number of hydrogen-bond donors (Lipinski definition) is 1. The monoisotopic (exact) mass is 241 g/mol. The van der Waals surface area contributed by atoms with Gasteiger partial charge in [-0.1, -0.05) is 0 Å². The fraction of sp³-hybridized carbons (Fsp3) is 0.500. The van der Waals surface area contributed by atoms with E-state index in [1.54, 1.807) is 25.5 Å². The highest BCUT2D eigenvalue weighted by Crippen LogP contribution is 2.18. The first-order chi connectivity index (χ1) is 7.56. The molecule has 0 bridgehead atoms. The zero-order valence-corrected chi connectivity index (χ0v) is 10.2. The zero-order valence-electron chi connectivity index (χ0n) is 9.34. The maximum Gasteiger partial charge on any atom is 0.325 e. The van der Waals surface area contributed by atoms with Gasteiger partial charge in [0.15, 0.2) is 0 Å².